The van der Waals surface area contributed by atoms with Crippen LogP contribution in [0.5, 0.6) is 0 Å². The lowest BCUT2D eigenvalue weighted by atomic mass is 9.96. The summed E-state index contributed by atoms with van der Waals surface area (Å²) in [6.07, 6.45) is 9.91. The maximum Gasteiger partial charge on any atom is 0.0503 e. The van der Waals surface area contributed by atoms with Crippen LogP contribution in [0.3, 0.4) is 0 Å². The zero-order valence-electron chi connectivity index (χ0n) is 16.3. The molecule has 3 fully saturated rings. The Hall–Kier alpha value is -0.160. The molecule has 24 heavy (non-hydrogen) atoms. The Morgan fingerprint density at radius 3 is 2.25 bits per heavy atom. The van der Waals surface area contributed by atoms with Crippen LogP contribution in [-0.4, -0.2) is 91.7 Å². The average molecular weight is 337 g/mol. The Labute approximate surface area is 150 Å². The Balaban J connectivity index is 1.28. The fourth-order valence-corrected chi connectivity index (χ4v) is 4.81. The van der Waals surface area contributed by atoms with E-state index in [4.69, 9.17) is 0 Å². The number of likely N-dealkylation sites (tertiary alicyclic amines) is 3. The molecule has 1 atom stereocenters. The van der Waals surface area contributed by atoms with E-state index in [0.29, 0.717) is 0 Å². The van der Waals surface area contributed by atoms with E-state index in [9.17, 15) is 0 Å². The number of hydrogen-bond donors (Lipinski definition) is 0. The fourth-order valence-electron chi connectivity index (χ4n) is 4.81. The first kappa shape index (κ1) is 18.6. The van der Waals surface area contributed by atoms with Crippen LogP contribution < -0.4 is 0 Å². The number of hydrogen-bond acceptors (Lipinski definition) is 4. The van der Waals surface area contributed by atoms with Gasteiger partial charge in [0.15, 0.2) is 0 Å². The summed E-state index contributed by atoms with van der Waals surface area (Å²) in [5.74, 6) is 0.945. The highest BCUT2D eigenvalue weighted by Crippen LogP contribution is 2.23. The largest absolute Gasteiger partial charge is 0.302 e. The summed E-state index contributed by atoms with van der Waals surface area (Å²) in [5, 5.41) is 0. The third-order valence-corrected chi connectivity index (χ3v) is 6.58. The zero-order valence-corrected chi connectivity index (χ0v) is 16.3. The number of rotatable bonds is 7. The van der Waals surface area contributed by atoms with Gasteiger partial charge in [-0.15, -0.1) is 0 Å². The summed E-state index contributed by atoms with van der Waals surface area (Å²) in [6, 6.07) is 0.837. The SMILES string of the molecule is CC1CCCN1CC1CCN(CN(C)CCN2CCCCC2)CC1. The maximum atomic E-state index is 2.74. The molecule has 0 aliphatic carbocycles. The van der Waals surface area contributed by atoms with Crippen molar-refractivity contribution in [2.24, 2.45) is 5.92 Å². The quantitative estimate of drug-likeness (QED) is 0.708. The molecule has 1 unspecified atom stereocenters. The van der Waals surface area contributed by atoms with E-state index >= 15 is 0 Å². The molecular formula is C20H40N4. The van der Waals surface area contributed by atoms with Gasteiger partial charge >= 0.3 is 0 Å². The van der Waals surface area contributed by atoms with Crippen LogP contribution in [0.25, 0.3) is 0 Å². The highest BCUT2D eigenvalue weighted by Gasteiger charge is 2.26. The topological polar surface area (TPSA) is 13.0 Å². The van der Waals surface area contributed by atoms with Gasteiger partial charge in [-0.25, -0.2) is 0 Å². The summed E-state index contributed by atoms with van der Waals surface area (Å²) >= 11 is 0. The average Bonchev–Trinajstić information content (AvgIpc) is 3.01. The lowest BCUT2D eigenvalue weighted by molar-refractivity contribution is 0.0875. The highest BCUT2D eigenvalue weighted by atomic mass is 15.3. The van der Waals surface area contributed by atoms with Gasteiger partial charge in [0.25, 0.3) is 0 Å². The minimum absolute atomic E-state index is 0.837. The molecular weight excluding hydrogens is 296 g/mol. The molecule has 0 aromatic rings. The molecule has 0 amide bonds. The van der Waals surface area contributed by atoms with Gasteiger partial charge in [-0.2, -0.15) is 0 Å². The van der Waals surface area contributed by atoms with Crippen LogP contribution in [-0.2, 0) is 0 Å². The minimum atomic E-state index is 0.837. The van der Waals surface area contributed by atoms with Gasteiger partial charge in [0.2, 0.25) is 0 Å². The van der Waals surface area contributed by atoms with Crippen molar-refractivity contribution in [3.8, 4) is 0 Å². The number of nitrogens with zero attached hydrogens (tertiary/aromatic N) is 4. The summed E-state index contributed by atoms with van der Waals surface area (Å²) in [6.45, 7) is 14.1. The van der Waals surface area contributed by atoms with E-state index in [-0.39, 0.29) is 0 Å². The molecule has 3 aliphatic rings. The van der Waals surface area contributed by atoms with E-state index < -0.39 is 0 Å². The van der Waals surface area contributed by atoms with Gasteiger partial charge < -0.3 is 9.80 Å². The zero-order chi connectivity index (χ0) is 16.8. The van der Waals surface area contributed by atoms with Gasteiger partial charge in [0.1, 0.15) is 0 Å². The van der Waals surface area contributed by atoms with Crippen molar-refractivity contribution < 1.29 is 0 Å². The molecule has 0 aromatic carbocycles. The first-order valence-corrected chi connectivity index (χ1v) is 10.6. The predicted molar refractivity (Wildman–Crippen MR) is 102 cm³/mol. The second-order valence-corrected chi connectivity index (χ2v) is 8.67. The molecule has 0 radical (unpaired) electrons. The molecule has 140 valence electrons. The Bertz CT molecular complexity index is 348. The van der Waals surface area contributed by atoms with Gasteiger partial charge in [-0.05, 0) is 91.1 Å². The van der Waals surface area contributed by atoms with E-state index in [1.807, 2.05) is 0 Å². The van der Waals surface area contributed by atoms with Crippen molar-refractivity contribution in [2.45, 2.75) is 57.9 Å². The number of likely N-dealkylation sites (N-methyl/N-ethyl adjacent to an activating group) is 1. The predicted octanol–water partition coefficient (Wildman–Crippen LogP) is 2.56. The Morgan fingerprint density at radius 2 is 1.58 bits per heavy atom. The molecule has 3 rings (SSSR count). The van der Waals surface area contributed by atoms with Crippen LogP contribution in [0.4, 0.5) is 0 Å². The molecule has 4 heteroatoms. The highest BCUT2D eigenvalue weighted by molar-refractivity contribution is 4.81. The minimum Gasteiger partial charge on any atom is -0.302 e. The van der Waals surface area contributed by atoms with E-state index in [1.54, 1.807) is 0 Å². The van der Waals surface area contributed by atoms with Crippen molar-refractivity contribution in [2.75, 3.05) is 66.1 Å². The summed E-state index contributed by atoms with van der Waals surface area (Å²) in [7, 11) is 2.31. The molecule has 0 spiro atoms. The first-order valence-electron chi connectivity index (χ1n) is 10.6. The molecule has 3 heterocycles. The van der Waals surface area contributed by atoms with Crippen molar-refractivity contribution in [1.29, 1.82) is 0 Å². The van der Waals surface area contributed by atoms with Crippen LogP contribution in [0.1, 0.15) is 51.9 Å². The van der Waals surface area contributed by atoms with Crippen molar-refractivity contribution in [3.05, 3.63) is 0 Å². The standard InChI is InChI=1S/C20H40N4/c1-19-7-6-12-24(19)17-20-8-13-23(14-9-20)18-21(2)15-16-22-10-4-3-5-11-22/h19-20H,3-18H2,1-2H3. The van der Waals surface area contributed by atoms with Gasteiger partial charge in [0.05, 0.1) is 6.67 Å². The molecule has 0 saturated carbocycles. The third-order valence-electron chi connectivity index (χ3n) is 6.58. The van der Waals surface area contributed by atoms with Crippen LogP contribution in [0.2, 0.25) is 0 Å². The molecule has 3 aliphatic heterocycles. The fraction of sp³-hybridized carbons (Fsp3) is 1.00. The smallest absolute Gasteiger partial charge is 0.0503 e. The van der Waals surface area contributed by atoms with Crippen molar-refractivity contribution >= 4 is 0 Å². The Morgan fingerprint density at radius 1 is 0.833 bits per heavy atom. The summed E-state index contributed by atoms with van der Waals surface area (Å²) in [5.41, 5.74) is 0. The van der Waals surface area contributed by atoms with Crippen LogP contribution in [0, 0.1) is 5.92 Å². The van der Waals surface area contributed by atoms with Gasteiger partial charge in [-0.3, -0.25) is 9.80 Å². The van der Waals surface area contributed by atoms with Crippen LogP contribution >= 0.6 is 0 Å². The van der Waals surface area contributed by atoms with Gasteiger partial charge in [0, 0.05) is 25.7 Å². The molecule has 0 aromatic heterocycles. The maximum absolute atomic E-state index is 2.74. The summed E-state index contributed by atoms with van der Waals surface area (Å²) in [4.78, 5) is 10.6. The van der Waals surface area contributed by atoms with Crippen LogP contribution in [0.15, 0.2) is 0 Å². The molecule has 0 bridgehead atoms. The second-order valence-electron chi connectivity index (χ2n) is 8.67. The Kier molecular flexibility index (Phi) is 7.38. The second kappa shape index (κ2) is 9.51. The first-order chi connectivity index (χ1) is 11.7. The lowest BCUT2D eigenvalue weighted by Gasteiger charge is -2.37. The molecule has 3 saturated heterocycles. The van der Waals surface area contributed by atoms with Crippen molar-refractivity contribution in [3.63, 3.8) is 0 Å². The van der Waals surface area contributed by atoms with Crippen molar-refractivity contribution in [1.82, 2.24) is 19.6 Å². The molecule has 0 N–H and O–H groups in total. The van der Waals surface area contributed by atoms with E-state index in [2.05, 4.69) is 33.6 Å². The third kappa shape index (κ3) is 5.69. The monoisotopic (exact) mass is 336 g/mol. The summed E-state index contributed by atoms with van der Waals surface area (Å²) < 4.78 is 0. The molecule has 4 nitrogen and oxygen atoms in total. The van der Waals surface area contributed by atoms with Gasteiger partial charge in [-0.1, -0.05) is 6.42 Å². The lowest BCUT2D eigenvalue weighted by Crippen LogP contribution is -2.45. The van der Waals surface area contributed by atoms with E-state index in [1.165, 1.54) is 104 Å². The number of piperidine rings is 2. The van der Waals surface area contributed by atoms with E-state index in [0.717, 1.165) is 12.0 Å². The normalized spacial score (nSPS) is 28.9.